The smallest absolute Gasteiger partial charge is 0.108 e. The molecule has 1 aliphatic carbocycles. The fourth-order valence-corrected chi connectivity index (χ4v) is 1.03. The lowest BCUT2D eigenvalue weighted by atomic mass is 9.99. The lowest BCUT2D eigenvalue weighted by Crippen LogP contribution is -2.26. The van der Waals surface area contributed by atoms with E-state index in [2.05, 4.69) is 0 Å². The topological polar surface area (TPSA) is 40.5 Å². The SMILES string of the molecule is C/C=C\C1=CC=C[C@H](O)[C@@H]1O. The van der Waals surface area contributed by atoms with E-state index >= 15 is 0 Å². The van der Waals surface area contributed by atoms with Gasteiger partial charge in [0.2, 0.25) is 0 Å². The van der Waals surface area contributed by atoms with E-state index in [-0.39, 0.29) is 0 Å². The van der Waals surface area contributed by atoms with Crippen molar-refractivity contribution in [1.82, 2.24) is 0 Å². The molecule has 60 valence electrons. The summed E-state index contributed by atoms with van der Waals surface area (Å²) in [5, 5.41) is 18.5. The van der Waals surface area contributed by atoms with Gasteiger partial charge < -0.3 is 10.2 Å². The van der Waals surface area contributed by atoms with E-state index in [9.17, 15) is 5.11 Å². The Morgan fingerprint density at radius 1 is 1.45 bits per heavy atom. The van der Waals surface area contributed by atoms with Crippen molar-refractivity contribution >= 4 is 0 Å². The Balaban J connectivity index is 2.78. The van der Waals surface area contributed by atoms with E-state index in [0.717, 1.165) is 5.57 Å². The molecule has 1 rings (SSSR count). The van der Waals surface area contributed by atoms with Gasteiger partial charge in [0, 0.05) is 0 Å². The summed E-state index contributed by atoms with van der Waals surface area (Å²) in [5.74, 6) is 0. The number of aliphatic hydroxyl groups excluding tert-OH is 2. The van der Waals surface area contributed by atoms with Gasteiger partial charge in [-0.2, -0.15) is 0 Å². The predicted molar refractivity (Wildman–Crippen MR) is 44.1 cm³/mol. The molecular formula is C9H12O2. The second kappa shape index (κ2) is 3.51. The molecule has 0 fully saturated rings. The average molecular weight is 152 g/mol. The Bertz CT molecular complexity index is 214. The van der Waals surface area contributed by atoms with Crippen LogP contribution in [-0.4, -0.2) is 22.4 Å². The van der Waals surface area contributed by atoms with Gasteiger partial charge in [-0.15, -0.1) is 0 Å². The minimum absolute atomic E-state index is 0.752. The lowest BCUT2D eigenvalue weighted by molar-refractivity contribution is 0.0738. The van der Waals surface area contributed by atoms with E-state index in [4.69, 9.17) is 5.11 Å². The first-order chi connectivity index (χ1) is 5.25. The van der Waals surface area contributed by atoms with Crippen LogP contribution in [-0.2, 0) is 0 Å². The summed E-state index contributed by atoms with van der Waals surface area (Å²) in [6.45, 7) is 1.87. The normalized spacial score (nSPS) is 31.0. The maximum absolute atomic E-state index is 9.35. The lowest BCUT2D eigenvalue weighted by Gasteiger charge is -2.18. The molecule has 0 radical (unpaired) electrons. The molecule has 0 amide bonds. The predicted octanol–water partition coefficient (Wildman–Crippen LogP) is 0.780. The third kappa shape index (κ3) is 1.79. The number of aliphatic hydroxyl groups is 2. The van der Waals surface area contributed by atoms with Crippen LogP contribution in [0.15, 0.2) is 36.0 Å². The summed E-state index contributed by atoms with van der Waals surface area (Å²) in [7, 11) is 0. The Morgan fingerprint density at radius 2 is 2.18 bits per heavy atom. The molecule has 0 bridgehead atoms. The zero-order chi connectivity index (χ0) is 8.27. The second-order valence-corrected chi connectivity index (χ2v) is 2.49. The third-order valence-electron chi connectivity index (χ3n) is 1.62. The van der Waals surface area contributed by atoms with Gasteiger partial charge in [-0.3, -0.25) is 0 Å². The molecule has 2 heteroatoms. The van der Waals surface area contributed by atoms with Crippen LogP contribution in [0.2, 0.25) is 0 Å². The van der Waals surface area contributed by atoms with Gasteiger partial charge in [-0.25, -0.2) is 0 Å². The van der Waals surface area contributed by atoms with Gasteiger partial charge in [0.1, 0.15) is 12.2 Å². The molecule has 0 aromatic carbocycles. The summed E-state index contributed by atoms with van der Waals surface area (Å²) in [5.41, 5.74) is 0.752. The van der Waals surface area contributed by atoms with E-state index < -0.39 is 12.2 Å². The Kier molecular flexibility index (Phi) is 2.63. The molecule has 0 aromatic rings. The van der Waals surface area contributed by atoms with Crippen molar-refractivity contribution in [2.24, 2.45) is 0 Å². The Hall–Kier alpha value is -0.860. The molecule has 0 spiro atoms. The fourth-order valence-electron chi connectivity index (χ4n) is 1.03. The summed E-state index contributed by atoms with van der Waals surface area (Å²) in [4.78, 5) is 0. The van der Waals surface area contributed by atoms with Crippen LogP contribution in [0.5, 0.6) is 0 Å². The zero-order valence-corrected chi connectivity index (χ0v) is 6.44. The first kappa shape index (κ1) is 8.24. The van der Waals surface area contributed by atoms with Gasteiger partial charge in [0.15, 0.2) is 0 Å². The molecule has 2 atom stereocenters. The zero-order valence-electron chi connectivity index (χ0n) is 6.44. The monoisotopic (exact) mass is 152 g/mol. The summed E-state index contributed by atoms with van der Waals surface area (Å²) >= 11 is 0. The van der Waals surface area contributed by atoms with Crippen LogP contribution in [0, 0.1) is 0 Å². The number of hydrogen-bond acceptors (Lipinski definition) is 2. The van der Waals surface area contributed by atoms with Crippen LogP contribution >= 0.6 is 0 Å². The van der Waals surface area contributed by atoms with Crippen LogP contribution in [0.4, 0.5) is 0 Å². The number of rotatable bonds is 1. The van der Waals surface area contributed by atoms with Crippen LogP contribution in [0.1, 0.15) is 6.92 Å². The Labute approximate surface area is 66.2 Å². The molecule has 1 aliphatic rings. The van der Waals surface area contributed by atoms with Crippen molar-refractivity contribution < 1.29 is 10.2 Å². The highest BCUT2D eigenvalue weighted by Gasteiger charge is 2.17. The first-order valence-corrected chi connectivity index (χ1v) is 3.63. The summed E-state index contributed by atoms with van der Waals surface area (Å²) < 4.78 is 0. The van der Waals surface area contributed by atoms with Crippen LogP contribution < -0.4 is 0 Å². The molecule has 0 heterocycles. The molecule has 2 N–H and O–H groups in total. The van der Waals surface area contributed by atoms with Gasteiger partial charge in [-0.05, 0) is 12.5 Å². The first-order valence-electron chi connectivity index (χ1n) is 3.63. The van der Waals surface area contributed by atoms with Crippen molar-refractivity contribution in [3.63, 3.8) is 0 Å². The molecule has 0 saturated carbocycles. The molecule has 0 unspecified atom stereocenters. The largest absolute Gasteiger partial charge is 0.386 e. The summed E-state index contributed by atoms with van der Waals surface area (Å²) in [6, 6.07) is 0. The maximum atomic E-state index is 9.35. The van der Waals surface area contributed by atoms with E-state index in [0.29, 0.717) is 0 Å². The highest BCUT2D eigenvalue weighted by Crippen LogP contribution is 2.14. The molecule has 0 saturated heterocycles. The maximum Gasteiger partial charge on any atom is 0.108 e. The highest BCUT2D eigenvalue weighted by molar-refractivity contribution is 5.33. The minimum atomic E-state index is -0.767. The van der Waals surface area contributed by atoms with Crippen molar-refractivity contribution in [3.8, 4) is 0 Å². The molecule has 11 heavy (non-hydrogen) atoms. The van der Waals surface area contributed by atoms with Gasteiger partial charge >= 0.3 is 0 Å². The standard InChI is InChI=1S/C9H12O2/c1-2-4-7-5-3-6-8(10)9(7)11/h2-6,8-11H,1H3/b4-2-/t8-,9+/m0/s1. The van der Waals surface area contributed by atoms with Crippen molar-refractivity contribution in [2.45, 2.75) is 19.1 Å². The van der Waals surface area contributed by atoms with Crippen LogP contribution in [0.25, 0.3) is 0 Å². The quantitative estimate of drug-likeness (QED) is 0.583. The van der Waals surface area contributed by atoms with Crippen LogP contribution in [0.3, 0.4) is 0 Å². The highest BCUT2D eigenvalue weighted by atomic mass is 16.3. The minimum Gasteiger partial charge on any atom is -0.386 e. The van der Waals surface area contributed by atoms with Crippen molar-refractivity contribution in [3.05, 3.63) is 36.0 Å². The molecule has 2 nitrogen and oxygen atoms in total. The summed E-state index contributed by atoms with van der Waals surface area (Å²) in [6.07, 6.45) is 7.20. The fraction of sp³-hybridized carbons (Fsp3) is 0.333. The third-order valence-corrected chi connectivity index (χ3v) is 1.62. The molecule has 0 aliphatic heterocycles. The number of allylic oxidation sites excluding steroid dienone is 3. The Morgan fingerprint density at radius 3 is 2.82 bits per heavy atom. The molecule has 0 aromatic heterocycles. The van der Waals surface area contributed by atoms with Crippen molar-refractivity contribution in [2.75, 3.05) is 0 Å². The van der Waals surface area contributed by atoms with Crippen molar-refractivity contribution in [1.29, 1.82) is 0 Å². The molecular weight excluding hydrogens is 140 g/mol. The average Bonchev–Trinajstić information content (AvgIpc) is 1.99. The van der Waals surface area contributed by atoms with E-state index in [1.165, 1.54) is 0 Å². The van der Waals surface area contributed by atoms with Gasteiger partial charge in [0.05, 0.1) is 0 Å². The van der Waals surface area contributed by atoms with Gasteiger partial charge in [0.25, 0.3) is 0 Å². The van der Waals surface area contributed by atoms with E-state index in [1.807, 2.05) is 13.0 Å². The van der Waals surface area contributed by atoms with E-state index in [1.54, 1.807) is 24.3 Å². The second-order valence-electron chi connectivity index (χ2n) is 2.49. The number of hydrogen-bond donors (Lipinski definition) is 2. The van der Waals surface area contributed by atoms with Gasteiger partial charge in [-0.1, -0.05) is 30.4 Å².